The van der Waals surface area contributed by atoms with Gasteiger partial charge in [-0.2, -0.15) is 0 Å². The minimum absolute atomic E-state index is 1.28. The molecule has 0 nitrogen and oxygen atoms in total. The summed E-state index contributed by atoms with van der Waals surface area (Å²) < 4.78 is 4.03. The van der Waals surface area contributed by atoms with E-state index in [0.29, 0.717) is 0 Å². The van der Waals surface area contributed by atoms with Crippen LogP contribution >= 0.6 is 33.9 Å². The fraction of sp³-hybridized carbons (Fsp3) is 0. The summed E-state index contributed by atoms with van der Waals surface area (Å²) in [4.78, 5) is 0. The molecule has 0 saturated carbocycles. The van der Waals surface area contributed by atoms with Crippen molar-refractivity contribution in [1.29, 1.82) is 0 Å². The SMILES string of the molecule is Ic1ccc2c(ccc3c2ccc2sc4ccccc4c23)c1. The average molecular weight is 410 g/mol. The minimum Gasteiger partial charge on any atom is -0.135 e. The number of hydrogen-bond acceptors (Lipinski definition) is 1. The fourth-order valence-electron chi connectivity index (χ4n) is 3.34. The Kier molecular flexibility index (Phi) is 2.73. The van der Waals surface area contributed by atoms with Crippen molar-refractivity contribution >= 4 is 75.6 Å². The van der Waals surface area contributed by atoms with Gasteiger partial charge >= 0.3 is 0 Å². The smallest absolute Gasteiger partial charge is 0.0361 e. The molecule has 0 saturated heterocycles. The first kappa shape index (κ1) is 12.9. The molecule has 0 N–H and O–H groups in total. The predicted octanol–water partition coefficient (Wildman–Crippen LogP) is 6.97. The Balaban J connectivity index is 2.06. The van der Waals surface area contributed by atoms with E-state index >= 15 is 0 Å². The molecular weight excluding hydrogens is 399 g/mol. The van der Waals surface area contributed by atoms with E-state index < -0.39 is 0 Å². The molecule has 4 aromatic carbocycles. The maximum Gasteiger partial charge on any atom is 0.0361 e. The van der Waals surface area contributed by atoms with Crippen LogP contribution in [0.4, 0.5) is 0 Å². The van der Waals surface area contributed by atoms with E-state index in [4.69, 9.17) is 0 Å². The Bertz CT molecular complexity index is 1180. The van der Waals surface area contributed by atoms with Crippen LogP contribution in [0.25, 0.3) is 41.7 Å². The lowest BCUT2D eigenvalue weighted by Gasteiger charge is -2.06. The van der Waals surface area contributed by atoms with Gasteiger partial charge in [-0.05, 0) is 68.4 Å². The highest BCUT2D eigenvalue weighted by Crippen LogP contribution is 2.40. The molecule has 0 fully saturated rings. The molecule has 0 amide bonds. The minimum atomic E-state index is 1.28. The van der Waals surface area contributed by atoms with Crippen molar-refractivity contribution in [2.75, 3.05) is 0 Å². The van der Waals surface area contributed by atoms with E-state index in [0.717, 1.165) is 0 Å². The van der Waals surface area contributed by atoms with Gasteiger partial charge in [0.15, 0.2) is 0 Å². The first-order valence-corrected chi connectivity index (χ1v) is 9.13. The highest BCUT2D eigenvalue weighted by atomic mass is 127. The standard InChI is InChI=1S/C20H11IS/c21-13-6-8-14-12(11-13)5-7-16-15(14)9-10-19-20(16)17-3-1-2-4-18(17)22-19/h1-11H. The van der Waals surface area contributed by atoms with Gasteiger partial charge < -0.3 is 0 Å². The van der Waals surface area contributed by atoms with Crippen LogP contribution in [-0.2, 0) is 0 Å². The molecule has 0 aliphatic heterocycles. The van der Waals surface area contributed by atoms with E-state index in [1.807, 2.05) is 11.3 Å². The van der Waals surface area contributed by atoms with Crippen molar-refractivity contribution in [2.45, 2.75) is 0 Å². The van der Waals surface area contributed by atoms with Crippen LogP contribution in [0, 0.1) is 3.57 Å². The Morgan fingerprint density at radius 2 is 1.45 bits per heavy atom. The molecule has 0 aliphatic rings. The second kappa shape index (κ2) is 4.67. The first-order valence-electron chi connectivity index (χ1n) is 7.23. The molecule has 5 rings (SSSR count). The molecule has 104 valence electrons. The lowest BCUT2D eigenvalue weighted by atomic mass is 9.98. The summed E-state index contributed by atoms with van der Waals surface area (Å²) in [7, 11) is 0. The zero-order valence-corrected chi connectivity index (χ0v) is 14.6. The summed E-state index contributed by atoms with van der Waals surface area (Å²) in [6, 6.07) is 24.5. The molecule has 5 aromatic rings. The van der Waals surface area contributed by atoms with Crippen LogP contribution < -0.4 is 0 Å². The van der Waals surface area contributed by atoms with Gasteiger partial charge in [-0.3, -0.25) is 0 Å². The third kappa shape index (κ3) is 1.74. The van der Waals surface area contributed by atoms with E-state index in [2.05, 4.69) is 89.3 Å². The highest BCUT2D eigenvalue weighted by Gasteiger charge is 2.10. The first-order chi connectivity index (χ1) is 10.8. The third-order valence-electron chi connectivity index (χ3n) is 4.32. The molecule has 22 heavy (non-hydrogen) atoms. The molecule has 0 aliphatic carbocycles. The van der Waals surface area contributed by atoms with Crippen LogP contribution in [0.1, 0.15) is 0 Å². The largest absolute Gasteiger partial charge is 0.135 e. The second-order valence-corrected chi connectivity index (χ2v) is 7.89. The average Bonchev–Trinajstić information content (AvgIpc) is 2.93. The molecule has 0 spiro atoms. The van der Waals surface area contributed by atoms with Crippen molar-refractivity contribution in [3.63, 3.8) is 0 Å². The highest BCUT2D eigenvalue weighted by molar-refractivity contribution is 14.1. The summed E-state index contributed by atoms with van der Waals surface area (Å²) in [6.45, 7) is 0. The van der Waals surface area contributed by atoms with Crippen LogP contribution in [0.5, 0.6) is 0 Å². The van der Waals surface area contributed by atoms with E-state index in [9.17, 15) is 0 Å². The number of rotatable bonds is 0. The second-order valence-electron chi connectivity index (χ2n) is 5.56. The Hall–Kier alpha value is -1.65. The number of halogens is 1. The van der Waals surface area contributed by atoms with Gasteiger partial charge in [-0.15, -0.1) is 11.3 Å². The zero-order chi connectivity index (χ0) is 14.7. The monoisotopic (exact) mass is 410 g/mol. The summed E-state index contributed by atoms with van der Waals surface area (Å²) in [5, 5.41) is 8.15. The zero-order valence-electron chi connectivity index (χ0n) is 11.6. The molecule has 0 unspecified atom stereocenters. The lowest BCUT2D eigenvalue weighted by molar-refractivity contribution is 1.73. The molecule has 0 bridgehead atoms. The third-order valence-corrected chi connectivity index (χ3v) is 6.12. The Morgan fingerprint density at radius 3 is 2.41 bits per heavy atom. The van der Waals surface area contributed by atoms with Crippen LogP contribution in [-0.4, -0.2) is 0 Å². The Labute approximate surface area is 145 Å². The van der Waals surface area contributed by atoms with Crippen molar-refractivity contribution in [1.82, 2.24) is 0 Å². The van der Waals surface area contributed by atoms with E-state index in [1.165, 1.54) is 45.3 Å². The Morgan fingerprint density at radius 1 is 0.636 bits per heavy atom. The maximum absolute atomic E-state index is 2.38. The summed E-state index contributed by atoms with van der Waals surface area (Å²) in [5.74, 6) is 0. The number of benzene rings is 4. The summed E-state index contributed by atoms with van der Waals surface area (Å²) >= 11 is 4.26. The van der Waals surface area contributed by atoms with Gasteiger partial charge in [-0.1, -0.05) is 42.5 Å². The van der Waals surface area contributed by atoms with Crippen molar-refractivity contribution < 1.29 is 0 Å². The number of fused-ring (bicyclic) bond motifs is 7. The van der Waals surface area contributed by atoms with E-state index in [1.54, 1.807) is 0 Å². The van der Waals surface area contributed by atoms with Gasteiger partial charge in [0.2, 0.25) is 0 Å². The van der Waals surface area contributed by atoms with Gasteiger partial charge in [0.1, 0.15) is 0 Å². The summed E-state index contributed by atoms with van der Waals surface area (Å²) in [6.07, 6.45) is 0. The maximum atomic E-state index is 2.38. The van der Waals surface area contributed by atoms with Gasteiger partial charge in [0.25, 0.3) is 0 Å². The number of thiophene rings is 1. The quantitative estimate of drug-likeness (QED) is 0.191. The van der Waals surface area contributed by atoms with Crippen molar-refractivity contribution in [3.05, 3.63) is 70.3 Å². The molecule has 1 heterocycles. The molecular formula is C20H11IS. The van der Waals surface area contributed by atoms with E-state index in [-0.39, 0.29) is 0 Å². The van der Waals surface area contributed by atoms with Gasteiger partial charge in [0, 0.05) is 23.7 Å². The fourth-order valence-corrected chi connectivity index (χ4v) is 4.98. The molecule has 1 aromatic heterocycles. The molecule has 0 atom stereocenters. The predicted molar refractivity (Wildman–Crippen MR) is 107 cm³/mol. The van der Waals surface area contributed by atoms with Crippen LogP contribution in [0.15, 0.2) is 66.7 Å². The van der Waals surface area contributed by atoms with Gasteiger partial charge in [0.05, 0.1) is 0 Å². The van der Waals surface area contributed by atoms with Crippen molar-refractivity contribution in [3.8, 4) is 0 Å². The molecule has 2 heteroatoms. The lowest BCUT2D eigenvalue weighted by Crippen LogP contribution is -1.80. The normalized spacial score (nSPS) is 11.9. The number of hydrogen-bond donors (Lipinski definition) is 0. The molecule has 0 radical (unpaired) electrons. The van der Waals surface area contributed by atoms with Gasteiger partial charge in [-0.25, -0.2) is 0 Å². The van der Waals surface area contributed by atoms with Crippen molar-refractivity contribution in [2.24, 2.45) is 0 Å². The summed E-state index contributed by atoms with van der Waals surface area (Å²) in [5.41, 5.74) is 0. The van der Waals surface area contributed by atoms with Crippen LogP contribution in [0.3, 0.4) is 0 Å². The van der Waals surface area contributed by atoms with Crippen LogP contribution in [0.2, 0.25) is 0 Å². The topological polar surface area (TPSA) is 0 Å².